The molecular formula is C15H12F3NO2. The van der Waals surface area contributed by atoms with Gasteiger partial charge in [0.2, 0.25) is 0 Å². The SMILES string of the molecule is O=C(Nc1ccccc1CO)c1ccccc1C(F)(F)F. The van der Waals surface area contributed by atoms with Gasteiger partial charge in [0.15, 0.2) is 0 Å². The van der Waals surface area contributed by atoms with Gasteiger partial charge in [0, 0.05) is 11.3 Å². The van der Waals surface area contributed by atoms with Crippen LogP contribution < -0.4 is 5.32 Å². The maximum Gasteiger partial charge on any atom is 0.417 e. The first-order valence-electron chi connectivity index (χ1n) is 6.10. The Morgan fingerprint density at radius 3 is 2.33 bits per heavy atom. The lowest BCUT2D eigenvalue weighted by Crippen LogP contribution is -2.19. The van der Waals surface area contributed by atoms with Gasteiger partial charge in [-0.25, -0.2) is 0 Å². The van der Waals surface area contributed by atoms with Gasteiger partial charge in [0.05, 0.1) is 17.7 Å². The maximum atomic E-state index is 12.9. The van der Waals surface area contributed by atoms with Gasteiger partial charge < -0.3 is 10.4 Å². The molecule has 1 amide bonds. The van der Waals surface area contributed by atoms with Crippen LogP contribution in [0.25, 0.3) is 0 Å². The van der Waals surface area contributed by atoms with Crippen LogP contribution in [0, 0.1) is 0 Å². The van der Waals surface area contributed by atoms with Crippen molar-refractivity contribution in [3.63, 3.8) is 0 Å². The second-order valence-electron chi connectivity index (χ2n) is 4.31. The minimum Gasteiger partial charge on any atom is -0.392 e. The van der Waals surface area contributed by atoms with Crippen LogP contribution in [-0.2, 0) is 12.8 Å². The first-order valence-corrected chi connectivity index (χ1v) is 6.10. The molecule has 0 fully saturated rings. The first kappa shape index (κ1) is 15.1. The molecule has 0 aliphatic heterocycles. The number of hydrogen-bond donors (Lipinski definition) is 2. The molecule has 0 atom stereocenters. The fourth-order valence-corrected chi connectivity index (χ4v) is 1.90. The number of carbonyl (C=O) groups is 1. The Bertz CT molecular complexity index is 653. The van der Waals surface area contributed by atoms with Crippen LogP contribution in [0.2, 0.25) is 0 Å². The lowest BCUT2D eigenvalue weighted by atomic mass is 10.1. The summed E-state index contributed by atoms with van der Waals surface area (Å²) >= 11 is 0. The van der Waals surface area contributed by atoms with Crippen molar-refractivity contribution in [2.24, 2.45) is 0 Å². The molecule has 2 N–H and O–H groups in total. The molecule has 0 bridgehead atoms. The summed E-state index contributed by atoms with van der Waals surface area (Å²) in [7, 11) is 0. The largest absolute Gasteiger partial charge is 0.417 e. The number of benzene rings is 2. The molecular weight excluding hydrogens is 283 g/mol. The number of carbonyl (C=O) groups excluding carboxylic acids is 1. The van der Waals surface area contributed by atoms with E-state index < -0.39 is 23.2 Å². The molecule has 0 aliphatic carbocycles. The van der Waals surface area contributed by atoms with E-state index in [0.29, 0.717) is 5.56 Å². The van der Waals surface area contributed by atoms with E-state index in [1.165, 1.54) is 18.2 Å². The van der Waals surface area contributed by atoms with Gasteiger partial charge in [0.25, 0.3) is 5.91 Å². The Morgan fingerprint density at radius 2 is 1.67 bits per heavy atom. The zero-order valence-electron chi connectivity index (χ0n) is 10.8. The van der Waals surface area contributed by atoms with Crippen LogP contribution in [0.4, 0.5) is 18.9 Å². The Morgan fingerprint density at radius 1 is 1.05 bits per heavy atom. The number of rotatable bonds is 3. The van der Waals surface area contributed by atoms with Crippen molar-refractivity contribution in [3.8, 4) is 0 Å². The summed E-state index contributed by atoms with van der Waals surface area (Å²) in [5.41, 5.74) is -0.751. The van der Waals surface area contributed by atoms with Crippen LogP contribution in [0.5, 0.6) is 0 Å². The van der Waals surface area contributed by atoms with E-state index in [0.717, 1.165) is 12.1 Å². The molecule has 110 valence electrons. The van der Waals surface area contributed by atoms with Crippen LogP contribution >= 0.6 is 0 Å². The summed E-state index contributed by atoms with van der Waals surface area (Å²) in [6.07, 6.45) is -4.61. The minimum atomic E-state index is -4.61. The summed E-state index contributed by atoms with van der Waals surface area (Å²) in [5, 5.41) is 11.5. The van der Waals surface area contributed by atoms with E-state index >= 15 is 0 Å². The predicted octanol–water partition coefficient (Wildman–Crippen LogP) is 3.45. The van der Waals surface area contributed by atoms with Crippen molar-refractivity contribution in [1.82, 2.24) is 0 Å². The van der Waals surface area contributed by atoms with Gasteiger partial charge in [-0.2, -0.15) is 13.2 Å². The third-order valence-corrected chi connectivity index (χ3v) is 2.91. The van der Waals surface area contributed by atoms with Crippen LogP contribution in [0.1, 0.15) is 21.5 Å². The molecule has 3 nitrogen and oxygen atoms in total. The van der Waals surface area contributed by atoms with E-state index in [4.69, 9.17) is 5.11 Å². The van der Waals surface area contributed by atoms with Gasteiger partial charge in [0.1, 0.15) is 0 Å². The first-order chi connectivity index (χ1) is 9.93. The van der Waals surface area contributed by atoms with Crippen molar-refractivity contribution in [2.45, 2.75) is 12.8 Å². The molecule has 0 saturated carbocycles. The molecule has 0 radical (unpaired) electrons. The summed E-state index contributed by atoms with van der Waals surface area (Å²) in [5.74, 6) is -0.871. The number of nitrogens with one attached hydrogen (secondary N) is 1. The smallest absolute Gasteiger partial charge is 0.392 e. The van der Waals surface area contributed by atoms with E-state index in [1.54, 1.807) is 18.2 Å². The van der Waals surface area contributed by atoms with Crippen molar-refractivity contribution < 1.29 is 23.1 Å². The highest BCUT2D eigenvalue weighted by Gasteiger charge is 2.34. The Hall–Kier alpha value is -2.34. The highest BCUT2D eigenvalue weighted by molar-refractivity contribution is 6.05. The van der Waals surface area contributed by atoms with E-state index in [1.807, 2.05) is 0 Å². The lowest BCUT2D eigenvalue weighted by Gasteiger charge is -2.14. The average Bonchev–Trinajstić information content (AvgIpc) is 2.47. The van der Waals surface area contributed by atoms with Gasteiger partial charge in [-0.1, -0.05) is 30.3 Å². The minimum absolute atomic E-state index is 0.280. The Kier molecular flexibility index (Phi) is 4.28. The maximum absolute atomic E-state index is 12.9. The topological polar surface area (TPSA) is 49.3 Å². The monoisotopic (exact) mass is 295 g/mol. The predicted molar refractivity (Wildman–Crippen MR) is 71.8 cm³/mol. The molecule has 2 rings (SSSR count). The summed E-state index contributed by atoms with van der Waals surface area (Å²) < 4.78 is 38.6. The molecule has 0 aliphatic rings. The fraction of sp³-hybridized carbons (Fsp3) is 0.133. The second kappa shape index (κ2) is 5.97. The van der Waals surface area contributed by atoms with Gasteiger partial charge in [-0.05, 0) is 18.2 Å². The van der Waals surface area contributed by atoms with Crippen molar-refractivity contribution in [2.75, 3.05) is 5.32 Å². The molecule has 0 saturated heterocycles. The summed E-state index contributed by atoms with van der Waals surface area (Å²) in [6, 6.07) is 10.9. The number of halogens is 3. The van der Waals surface area contributed by atoms with Crippen molar-refractivity contribution in [1.29, 1.82) is 0 Å². The normalized spacial score (nSPS) is 11.2. The van der Waals surface area contributed by atoms with Crippen LogP contribution in [-0.4, -0.2) is 11.0 Å². The van der Waals surface area contributed by atoms with E-state index in [-0.39, 0.29) is 12.3 Å². The fourth-order valence-electron chi connectivity index (χ4n) is 1.90. The molecule has 6 heteroatoms. The number of hydrogen-bond acceptors (Lipinski definition) is 2. The van der Waals surface area contributed by atoms with Crippen molar-refractivity contribution in [3.05, 3.63) is 65.2 Å². The number of anilines is 1. The Labute approximate surface area is 119 Å². The molecule has 2 aromatic rings. The number of aliphatic hydroxyl groups is 1. The number of para-hydroxylation sites is 1. The van der Waals surface area contributed by atoms with E-state index in [9.17, 15) is 18.0 Å². The molecule has 0 heterocycles. The second-order valence-corrected chi connectivity index (χ2v) is 4.31. The zero-order chi connectivity index (χ0) is 15.5. The third-order valence-electron chi connectivity index (χ3n) is 2.91. The number of amides is 1. The van der Waals surface area contributed by atoms with Crippen LogP contribution in [0.3, 0.4) is 0 Å². The number of alkyl halides is 3. The third kappa shape index (κ3) is 3.41. The number of aliphatic hydroxyl groups excluding tert-OH is 1. The zero-order valence-corrected chi connectivity index (χ0v) is 10.8. The molecule has 0 unspecified atom stereocenters. The van der Waals surface area contributed by atoms with Gasteiger partial charge >= 0.3 is 6.18 Å². The lowest BCUT2D eigenvalue weighted by molar-refractivity contribution is -0.137. The van der Waals surface area contributed by atoms with Gasteiger partial charge in [-0.15, -0.1) is 0 Å². The molecule has 2 aromatic carbocycles. The van der Waals surface area contributed by atoms with E-state index in [2.05, 4.69) is 5.32 Å². The Balaban J connectivity index is 2.34. The van der Waals surface area contributed by atoms with Gasteiger partial charge in [-0.3, -0.25) is 4.79 Å². The highest BCUT2D eigenvalue weighted by atomic mass is 19.4. The molecule has 21 heavy (non-hydrogen) atoms. The summed E-state index contributed by atoms with van der Waals surface area (Å²) in [6.45, 7) is -0.322. The molecule has 0 aromatic heterocycles. The standard InChI is InChI=1S/C15H12F3NO2/c16-15(17,18)12-7-3-2-6-11(12)14(21)19-13-8-4-1-5-10(13)9-20/h1-8,20H,9H2,(H,19,21). The highest BCUT2D eigenvalue weighted by Crippen LogP contribution is 2.32. The van der Waals surface area contributed by atoms with Crippen molar-refractivity contribution >= 4 is 11.6 Å². The average molecular weight is 295 g/mol. The quantitative estimate of drug-likeness (QED) is 0.911. The molecule has 0 spiro atoms. The van der Waals surface area contributed by atoms with Crippen LogP contribution in [0.15, 0.2) is 48.5 Å². The summed E-state index contributed by atoms with van der Waals surface area (Å²) in [4.78, 5) is 12.1.